The average molecular weight is 316 g/mol. The van der Waals surface area contributed by atoms with Crippen molar-refractivity contribution in [3.05, 3.63) is 52.3 Å². The molecule has 1 atom stereocenters. The maximum Gasteiger partial charge on any atom is 0.165 e. The van der Waals surface area contributed by atoms with Crippen molar-refractivity contribution >= 4 is 22.3 Å². The van der Waals surface area contributed by atoms with Crippen LogP contribution in [0, 0.1) is 0 Å². The number of rotatable bonds is 4. The molecule has 0 saturated carbocycles. The van der Waals surface area contributed by atoms with E-state index in [4.69, 9.17) is 0 Å². The summed E-state index contributed by atoms with van der Waals surface area (Å²) in [6.07, 6.45) is 4.36. The van der Waals surface area contributed by atoms with Crippen LogP contribution in [0.2, 0.25) is 0 Å². The van der Waals surface area contributed by atoms with Crippen molar-refractivity contribution in [2.24, 2.45) is 0 Å². The molecule has 2 heterocycles. The summed E-state index contributed by atoms with van der Waals surface area (Å²) in [5, 5.41) is 18.1. The predicted octanol–water partition coefficient (Wildman–Crippen LogP) is 2.56. The second kappa shape index (κ2) is 5.83. The summed E-state index contributed by atoms with van der Waals surface area (Å²) in [5.74, 6) is -0.429. The van der Waals surface area contributed by atoms with Gasteiger partial charge in [-0.3, -0.25) is 10.6 Å². The molecule has 0 aliphatic carbocycles. The van der Waals surface area contributed by atoms with E-state index in [2.05, 4.69) is 69.4 Å². The molecule has 4 N–H and O–H groups in total. The Morgan fingerprint density at radius 2 is 1.91 bits per heavy atom. The summed E-state index contributed by atoms with van der Waals surface area (Å²) in [6.45, 7) is 2.16. The zero-order valence-electron chi connectivity index (χ0n) is 13.5. The maximum atomic E-state index is 3.54. The molecular formula is C17H24N4S. The van der Waals surface area contributed by atoms with Crippen LogP contribution in [0.5, 0.6) is 0 Å². The summed E-state index contributed by atoms with van der Waals surface area (Å²) < 4.78 is 0. The minimum absolute atomic E-state index is 0.307. The lowest BCUT2D eigenvalue weighted by Crippen LogP contribution is -2.60. The van der Waals surface area contributed by atoms with Crippen molar-refractivity contribution in [2.45, 2.75) is 17.6 Å². The average Bonchev–Trinajstić information content (AvgIpc) is 2.99. The molecule has 1 unspecified atom stereocenters. The van der Waals surface area contributed by atoms with Crippen LogP contribution in [-0.2, 0) is 0 Å². The topological polar surface area (TPSA) is 48.1 Å². The summed E-state index contributed by atoms with van der Waals surface area (Å²) in [6, 6.07) is 6.70. The molecule has 5 heteroatoms. The van der Waals surface area contributed by atoms with E-state index < -0.39 is 5.79 Å². The highest BCUT2D eigenvalue weighted by Crippen LogP contribution is 2.46. The van der Waals surface area contributed by atoms with Gasteiger partial charge in [-0.15, -0.1) is 0 Å². The largest absolute Gasteiger partial charge is 0.388 e. The molecular weight excluding hydrogens is 292 g/mol. The second-order valence-corrected chi connectivity index (χ2v) is 7.45. The molecule has 4 nitrogen and oxygen atoms in total. The first kappa shape index (κ1) is 15.2. The Morgan fingerprint density at radius 3 is 2.50 bits per heavy atom. The van der Waals surface area contributed by atoms with Gasteiger partial charge in [0.15, 0.2) is 5.79 Å². The van der Waals surface area contributed by atoms with E-state index in [-0.39, 0.29) is 10.9 Å². The summed E-state index contributed by atoms with van der Waals surface area (Å²) in [4.78, 5) is 1.38. The van der Waals surface area contributed by atoms with E-state index in [1.807, 2.05) is 21.1 Å². The molecule has 0 amide bonds. The third-order valence-corrected chi connectivity index (χ3v) is 6.21. The molecule has 2 aliphatic heterocycles. The van der Waals surface area contributed by atoms with Gasteiger partial charge in [-0.05, 0) is 66.6 Å². The van der Waals surface area contributed by atoms with Crippen LogP contribution in [-0.4, -0.2) is 26.9 Å². The molecule has 2 aliphatic rings. The number of thiol groups is 1. The first-order valence-electron chi connectivity index (χ1n) is 7.47. The molecule has 0 radical (unpaired) electrons. The van der Waals surface area contributed by atoms with Gasteiger partial charge in [0.05, 0.1) is 0 Å². The third kappa shape index (κ3) is 2.56. The Hall–Kier alpha value is -1.69. The number of hydrogen-bond donors (Lipinski definition) is 5. The lowest BCUT2D eigenvalue weighted by atomic mass is 10.0. The predicted molar refractivity (Wildman–Crippen MR) is 98.1 cm³/mol. The molecule has 118 valence electrons. The van der Waals surface area contributed by atoms with E-state index >= 15 is 0 Å². The standard InChI is InChI=1S/C17H24N4S/c1-12-7-8-22(11-12)13-5-6-15-14(9-13)16(18-2)10-17(19-3,20-4)21-15/h5-11,18-22H,1-4H3. The highest BCUT2D eigenvalue weighted by Gasteiger charge is 2.30. The molecule has 0 aromatic heterocycles. The Labute approximate surface area is 135 Å². The number of likely N-dealkylation sites (N-methyl/N-ethyl adjacent to an activating group) is 2. The Kier molecular flexibility index (Phi) is 4.04. The lowest BCUT2D eigenvalue weighted by molar-refractivity contribution is 0.424. The van der Waals surface area contributed by atoms with Crippen molar-refractivity contribution in [3.63, 3.8) is 0 Å². The summed E-state index contributed by atoms with van der Waals surface area (Å²) in [5.41, 5.74) is 4.82. The van der Waals surface area contributed by atoms with Crippen LogP contribution in [0.15, 0.2) is 51.6 Å². The molecule has 22 heavy (non-hydrogen) atoms. The molecule has 3 rings (SSSR count). The number of allylic oxidation sites excluding steroid dienone is 2. The number of nitrogens with one attached hydrogen (secondary N) is 4. The van der Waals surface area contributed by atoms with Crippen molar-refractivity contribution in [2.75, 3.05) is 26.5 Å². The maximum absolute atomic E-state index is 3.54. The minimum atomic E-state index is -0.429. The summed E-state index contributed by atoms with van der Waals surface area (Å²) >= 11 is 0. The Bertz CT molecular complexity index is 671. The van der Waals surface area contributed by atoms with Crippen molar-refractivity contribution in [3.8, 4) is 0 Å². The monoisotopic (exact) mass is 316 g/mol. The summed E-state index contributed by atoms with van der Waals surface area (Å²) in [7, 11) is 5.53. The zero-order valence-corrected chi connectivity index (χ0v) is 14.4. The van der Waals surface area contributed by atoms with Gasteiger partial charge in [-0.25, -0.2) is 0 Å². The highest BCUT2D eigenvalue weighted by atomic mass is 32.2. The van der Waals surface area contributed by atoms with Crippen LogP contribution in [0.3, 0.4) is 0 Å². The Balaban J connectivity index is 2.02. The normalized spacial score (nSPS) is 23.4. The number of hydrogen-bond acceptors (Lipinski definition) is 4. The van der Waals surface area contributed by atoms with E-state index in [9.17, 15) is 0 Å². The number of benzene rings is 1. The van der Waals surface area contributed by atoms with E-state index in [1.165, 1.54) is 16.0 Å². The molecule has 0 fully saturated rings. The second-order valence-electron chi connectivity index (χ2n) is 5.57. The fourth-order valence-electron chi connectivity index (χ4n) is 2.83. The van der Waals surface area contributed by atoms with Gasteiger partial charge in [0, 0.05) is 24.0 Å². The van der Waals surface area contributed by atoms with Gasteiger partial charge >= 0.3 is 0 Å². The SMILES string of the molecule is CNC1=CC(NC)(NC)Nc2ccc([SH]3C=CC(C)=C3)cc21. The fourth-order valence-corrected chi connectivity index (χ4v) is 4.69. The van der Waals surface area contributed by atoms with E-state index in [0.717, 1.165) is 11.4 Å². The first-order valence-corrected chi connectivity index (χ1v) is 8.95. The van der Waals surface area contributed by atoms with Crippen molar-refractivity contribution < 1.29 is 0 Å². The minimum Gasteiger partial charge on any atom is -0.388 e. The third-order valence-electron chi connectivity index (χ3n) is 4.18. The fraction of sp³-hybridized carbons (Fsp3) is 0.294. The van der Waals surface area contributed by atoms with Gasteiger partial charge in [0.2, 0.25) is 0 Å². The first-order chi connectivity index (χ1) is 10.6. The molecule has 0 saturated heterocycles. The van der Waals surface area contributed by atoms with Gasteiger partial charge in [0.1, 0.15) is 0 Å². The quantitative estimate of drug-likeness (QED) is 0.438. The molecule has 0 bridgehead atoms. The van der Waals surface area contributed by atoms with Gasteiger partial charge in [-0.1, -0.05) is 6.08 Å². The van der Waals surface area contributed by atoms with Gasteiger partial charge in [-0.2, -0.15) is 10.9 Å². The van der Waals surface area contributed by atoms with Crippen molar-refractivity contribution in [1.29, 1.82) is 0 Å². The molecule has 1 aromatic carbocycles. The zero-order chi connectivity index (χ0) is 15.7. The van der Waals surface area contributed by atoms with E-state index in [1.54, 1.807) is 0 Å². The Morgan fingerprint density at radius 1 is 1.14 bits per heavy atom. The van der Waals surface area contributed by atoms with Crippen LogP contribution in [0.1, 0.15) is 12.5 Å². The molecule has 1 aromatic rings. The van der Waals surface area contributed by atoms with Gasteiger partial charge < -0.3 is 10.6 Å². The number of fused-ring (bicyclic) bond motifs is 1. The van der Waals surface area contributed by atoms with Gasteiger partial charge in [0.25, 0.3) is 0 Å². The smallest absolute Gasteiger partial charge is 0.165 e. The van der Waals surface area contributed by atoms with Crippen molar-refractivity contribution in [1.82, 2.24) is 16.0 Å². The number of anilines is 1. The van der Waals surface area contributed by atoms with Crippen LogP contribution in [0.4, 0.5) is 5.69 Å². The molecule has 0 spiro atoms. The van der Waals surface area contributed by atoms with Crippen LogP contribution in [0.25, 0.3) is 5.70 Å². The highest BCUT2D eigenvalue weighted by molar-refractivity contribution is 8.22. The van der Waals surface area contributed by atoms with Crippen LogP contribution < -0.4 is 21.3 Å². The van der Waals surface area contributed by atoms with Crippen LogP contribution >= 0.6 is 10.9 Å². The van der Waals surface area contributed by atoms with E-state index in [0.29, 0.717) is 0 Å². The lowest BCUT2D eigenvalue weighted by Gasteiger charge is -2.37.